The molecule has 0 bridgehead atoms. The van der Waals surface area contributed by atoms with Crippen molar-refractivity contribution in [3.05, 3.63) is 55.1 Å². The smallest absolute Gasteiger partial charge is 0.322 e. The molecule has 45 heavy (non-hydrogen) atoms. The zero-order valence-corrected chi connectivity index (χ0v) is 29.5. The number of hydrogen-bond donors (Lipinski definition) is 1. The van der Waals surface area contributed by atoms with Gasteiger partial charge in [0.15, 0.2) is 19.5 Å². The average molecular weight is 642 g/mol. The van der Waals surface area contributed by atoms with Crippen molar-refractivity contribution in [3.63, 3.8) is 0 Å². The van der Waals surface area contributed by atoms with Gasteiger partial charge in [0.25, 0.3) is 0 Å². The van der Waals surface area contributed by atoms with E-state index in [0.29, 0.717) is 19.5 Å². The van der Waals surface area contributed by atoms with E-state index >= 15 is 0 Å². The van der Waals surface area contributed by atoms with Gasteiger partial charge in [-0.1, -0.05) is 51.5 Å². The number of unbranched alkanes of at least 4 members (excludes halogenated alkanes) is 3. The van der Waals surface area contributed by atoms with E-state index in [2.05, 4.69) is 47.0 Å². The Balaban J connectivity index is 1.98. The van der Waals surface area contributed by atoms with E-state index < -0.39 is 37.1 Å². The third kappa shape index (κ3) is 7.89. The lowest BCUT2D eigenvalue weighted by Gasteiger charge is -2.38. The van der Waals surface area contributed by atoms with Crippen molar-refractivity contribution in [2.75, 3.05) is 26.8 Å². The van der Waals surface area contributed by atoms with Crippen molar-refractivity contribution in [2.24, 2.45) is 11.1 Å². The number of nitrogens with two attached hydrogens (primary N) is 1. The predicted molar refractivity (Wildman–Crippen MR) is 180 cm³/mol. The van der Waals surface area contributed by atoms with Gasteiger partial charge in [-0.3, -0.25) is 9.59 Å². The van der Waals surface area contributed by atoms with Crippen LogP contribution >= 0.6 is 0 Å². The lowest BCUT2D eigenvalue weighted by molar-refractivity contribution is -0.155. The summed E-state index contributed by atoms with van der Waals surface area (Å²) in [5, 5.41) is -0.0618. The summed E-state index contributed by atoms with van der Waals surface area (Å²) in [4.78, 5) is 45.8. The normalized spacial score (nSPS) is 24.6. The summed E-state index contributed by atoms with van der Waals surface area (Å²) in [6.07, 6.45) is 7.07. The molecule has 1 heterocycles. The number of Topliss-reactive ketones (excluding diaryl/α,β-unsaturated/α-hetero) is 1. The molecule has 0 radical (unpaired) electrons. The van der Waals surface area contributed by atoms with E-state index in [1.165, 1.54) is 6.08 Å². The highest BCUT2D eigenvalue weighted by Gasteiger charge is 2.76. The molecule has 0 aromatic heterocycles. The number of carbonyl (C=O) groups excluding carboxylic acids is 3. The minimum Gasteiger partial charge on any atom is -0.497 e. The number of methoxy groups -OCH3 is 1. The fourth-order valence-electron chi connectivity index (χ4n) is 5.94. The van der Waals surface area contributed by atoms with E-state index in [1.54, 1.807) is 23.8 Å². The van der Waals surface area contributed by atoms with Gasteiger partial charge in [0.1, 0.15) is 5.75 Å². The third-order valence-corrected chi connectivity index (χ3v) is 14.4. The summed E-state index contributed by atoms with van der Waals surface area (Å²) in [5.41, 5.74) is 4.68. The molecule has 3 rings (SSSR count). The van der Waals surface area contributed by atoms with Crippen LogP contribution in [0.25, 0.3) is 0 Å². The standard InChI is InChI=1S/C35H55N3O6Si/c1-10-13-14-15-16-21-37(23-26-17-19-27(42-7)20-18-26)32(41)38-24-28(44-45(8,9)33(4,5)6)22-29(38)30(39)35(31(40)43-12-3)25-34(35,36)11-2/h10-11,17-20,28-29H,1-2,12-16,21-25,36H2,3-9H3. The molecule has 4 unspecified atom stereocenters. The molecule has 2 aliphatic rings. The van der Waals surface area contributed by atoms with Gasteiger partial charge in [-0.2, -0.15) is 0 Å². The van der Waals surface area contributed by atoms with Crippen molar-refractivity contribution in [1.29, 1.82) is 0 Å². The molecule has 4 atom stereocenters. The summed E-state index contributed by atoms with van der Waals surface area (Å²) in [7, 11) is -0.628. The molecule has 0 spiro atoms. The highest BCUT2D eigenvalue weighted by Crippen LogP contribution is 2.58. The van der Waals surface area contributed by atoms with Gasteiger partial charge in [-0.15, -0.1) is 13.2 Å². The number of ether oxygens (including phenoxy) is 2. The van der Waals surface area contributed by atoms with E-state index in [4.69, 9.17) is 19.6 Å². The Morgan fingerprint density at radius 2 is 1.80 bits per heavy atom. The molecule has 2 fully saturated rings. The molecule has 2 N–H and O–H groups in total. The topological polar surface area (TPSA) is 111 Å². The molecule has 1 aliphatic heterocycles. The fraction of sp³-hybridized carbons (Fsp3) is 0.629. The minimum atomic E-state index is -2.25. The maximum atomic E-state index is 14.5. The van der Waals surface area contributed by atoms with Crippen LogP contribution < -0.4 is 10.5 Å². The summed E-state index contributed by atoms with van der Waals surface area (Å²) < 4.78 is 17.5. The van der Waals surface area contributed by atoms with Crippen LogP contribution in [0.5, 0.6) is 5.75 Å². The number of nitrogens with zero attached hydrogens (tertiary/aromatic N) is 2. The molecule has 1 aromatic carbocycles. The quantitative estimate of drug-likeness (QED) is 0.0749. The molecular formula is C35H55N3O6Si. The molecule has 2 amide bonds. The van der Waals surface area contributed by atoms with E-state index in [0.717, 1.165) is 37.0 Å². The summed E-state index contributed by atoms with van der Waals surface area (Å²) in [5.74, 6) is -0.317. The van der Waals surface area contributed by atoms with Gasteiger partial charge in [0.05, 0.1) is 31.4 Å². The molecule has 250 valence electrons. The lowest BCUT2D eigenvalue weighted by Crippen LogP contribution is -2.53. The highest BCUT2D eigenvalue weighted by atomic mass is 28.4. The van der Waals surface area contributed by atoms with Crippen LogP contribution in [0.15, 0.2) is 49.6 Å². The molecule has 1 aliphatic carbocycles. The summed E-state index contributed by atoms with van der Waals surface area (Å²) in [6, 6.07) is 6.50. The first-order chi connectivity index (χ1) is 21.1. The number of carbonyl (C=O) groups is 3. The Bertz CT molecular complexity index is 1230. The van der Waals surface area contributed by atoms with E-state index in [9.17, 15) is 14.4 Å². The number of amides is 2. The number of urea groups is 1. The monoisotopic (exact) mass is 641 g/mol. The minimum absolute atomic E-state index is 0.0618. The Labute approximate surface area is 271 Å². The van der Waals surface area contributed by atoms with Crippen LogP contribution in [0.1, 0.15) is 71.8 Å². The number of esters is 1. The van der Waals surface area contributed by atoms with Crippen LogP contribution in [0.3, 0.4) is 0 Å². The van der Waals surface area contributed by atoms with Crippen molar-refractivity contribution in [3.8, 4) is 5.75 Å². The first-order valence-corrected chi connectivity index (χ1v) is 19.1. The van der Waals surface area contributed by atoms with Gasteiger partial charge in [-0.05, 0) is 68.4 Å². The van der Waals surface area contributed by atoms with Crippen LogP contribution in [-0.2, 0) is 25.3 Å². The highest BCUT2D eigenvalue weighted by molar-refractivity contribution is 6.74. The van der Waals surface area contributed by atoms with Gasteiger partial charge < -0.3 is 29.4 Å². The molecule has 10 heteroatoms. The lowest BCUT2D eigenvalue weighted by atomic mass is 9.88. The predicted octanol–water partition coefficient (Wildman–Crippen LogP) is 6.23. The maximum Gasteiger partial charge on any atom is 0.322 e. The number of benzene rings is 1. The molecule has 1 saturated carbocycles. The number of allylic oxidation sites excluding steroid dienone is 1. The average Bonchev–Trinajstić information content (AvgIpc) is 3.44. The number of hydrogen-bond acceptors (Lipinski definition) is 7. The first-order valence-electron chi connectivity index (χ1n) is 16.2. The number of likely N-dealkylation sites (tertiary alicyclic amines) is 1. The van der Waals surface area contributed by atoms with Gasteiger partial charge in [0.2, 0.25) is 0 Å². The SMILES string of the molecule is C=CCCCCCN(Cc1ccc(OC)cc1)C(=O)N1CC(O[Si](C)(C)C(C)(C)C)CC1C(=O)C1(C(=O)OCC)CC1(N)C=C. The largest absolute Gasteiger partial charge is 0.497 e. The molecule has 1 saturated heterocycles. The Morgan fingerprint density at radius 1 is 1.13 bits per heavy atom. The summed E-state index contributed by atoms with van der Waals surface area (Å²) in [6.45, 7) is 21.4. The van der Waals surface area contributed by atoms with Gasteiger partial charge in [-0.25, -0.2) is 4.79 Å². The first kappa shape index (κ1) is 36.5. The van der Waals surface area contributed by atoms with Crippen molar-refractivity contribution in [2.45, 2.75) is 109 Å². The Kier molecular flexibility index (Phi) is 11.9. The molecular weight excluding hydrogens is 586 g/mol. The Morgan fingerprint density at radius 3 is 2.33 bits per heavy atom. The van der Waals surface area contributed by atoms with Crippen LogP contribution in [-0.4, -0.2) is 80.4 Å². The summed E-state index contributed by atoms with van der Waals surface area (Å²) >= 11 is 0. The Hall–Kier alpha value is -2.95. The van der Waals surface area contributed by atoms with Crippen molar-refractivity contribution >= 4 is 26.1 Å². The second-order valence-electron chi connectivity index (χ2n) is 14.0. The number of ketones is 1. The van der Waals surface area contributed by atoms with E-state index in [1.807, 2.05) is 30.3 Å². The van der Waals surface area contributed by atoms with Crippen molar-refractivity contribution in [1.82, 2.24) is 9.80 Å². The fourth-order valence-corrected chi connectivity index (χ4v) is 7.30. The maximum absolute atomic E-state index is 14.5. The van der Waals surface area contributed by atoms with Crippen molar-refractivity contribution < 1.29 is 28.3 Å². The molecule has 1 aromatic rings. The third-order valence-electron chi connectivity index (χ3n) is 9.85. The van der Waals surface area contributed by atoms with Crippen LogP contribution in [0.4, 0.5) is 4.79 Å². The second-order valence-corrected chi connectivity index (χ2v) is 18.8. The van der Waals surface area contributed by atoms with Gasteiger partial charge in [0, 0.05) is 26.1 Å². The number of rotatable bonds is 16. The van der Waals surface area contributed by atoms with E-state index in [-0.39, 0.29) is 36.7 Å². The molecule has 9 nitrogen and oxygen atoms in total. The zero-order chi connectivity index (χ0) is 33.6. The van der Waals surface area contributed by atoms with Crippen LogP contribution in [0.2, 0.25) is 18.1 Å². The van der Waals surface area contributed by atoms with Crippen LogP contribution in [0, 0.1) is 5.41 Å². The zero-order valence-electron chi connectivity index (χ0n) is 28.5. The van der Waals surface area contributed by atoms with Gasteiger partial charge >= 0.3 is 12.0 Å². The second kappa shape index (κ2) is 14.6.